The first-order valence-corrected chi connectivity index (χ1v) is 8.48. The van der Waals surface area contributed by atoms with Gasteiger partial charge in [0.25, 0.3) is 0 Å². The van der Waals surface area contributed by atoms with Crippen molar-refractivity contribution in [2.24, 2.45) is 23.0 Å². The molecule has 1 atom stereocenters. The van der Waals surface area contributed by atoms with E-state index in [1.54, 1.807) is 12.1 Å². The fourth-order valence-corrected chi connectivity index (χ4v) is 4.04. The van der Waals surface area contributed by atoms with E-state index in [-0.39, 0.29) is 5.41 Å². The van der Waals surface area contributed by atoms with E-state index in [1.165, 1.54) is 0 Å². The lowest BCUT2D eigenvalue weighted by atomic mass is 9.64. The van der Waals surface area contributed by atoms with Gasteiger partial charge in [-0.15, -0.1) is 0 Å². The summed E-state index contributed by atoms with van der Waals surface area (Å²) in [4.78, 5) is 0. The molecule has 0 radical (unpaired) electrons. The minimum absolute atomic E-state index is 0.261. The zero-order valence-electron chi connectivity index (χ0n) is 12.8. The van der Waals surface area contributed by atoms with E-state index in [0.29, 0.717) is 22.5 Å². The Morgan fingerprint density at radius 2 is 1.90 bits per heavy atom. The molecule has 0 bridgehead atoms. The molecule has 1 fully saturated rings. The lowest BCUT2D eigenvalue weighted by molar-refractivity contribution is -0.0147. The second-order valence-electron chi connectivity index (χ2n) is 6.72. The van der Waals surface area contributed by atoms with Crippen LogP contribution in [0.3, 0.4) is 0 Å². The third-order valence-electron chi connectivity index (χ3n) is 5.21. The summed E-state index contributed by atoms with van der Waals surface area (Å²) in [7, 11) is 0. The highest BCUT2D eigenvalue weighted by Gasteiger charge is 2.42. The Labute approximate surface area is 137 Å². The summed E-state index contributed by atoms with van der Waals surface area (Å²) in [6.07, 6.45) is 3.52. The number of aliphatic hydroxyl groups is 1. The first kappa shape index (κ1) is 17.1. The Morgan fingerprint density at radius 3 is 2.38 bits per heavy atom. The second kappa shape index (κ2) is 6.87. The zero-order chi connectivity index (χ0) is 15.6. The third-order valence-corrected chi connectivity index (χ3v) is 5.77. The Kier molecular flexibility index (Phi) is 5.59. The minimum atomic E-state index is -0.625. The molecule has 0 heterocycles. The summed E-state index contributed by atoms with van der Waals surface area (Å²) in [5.74, 6) is 1.43. The maximum atomic E-state index is 10.9. The second-order valence-corrected chi connectivity index (χ2v) is 7.56. The quantitative estimate of drug-likeness (QED) is 0.831. The molecule has 1 unspecified atom stereocenters. The topological polar surface area (TPSA) is 46.2 Å². The van der Waals surface area contributed by atoms with E-state index < -0.39 is 6.10 Å². The van der Waals surface area contributed by atoms with Gasteiger partial charge in [0.1, 0.15) is 0 Å². The lowest BCUT2D eigenvalue weighted by Crippen LogP contribution is -2.41. The van der Waals surface area contributed by atoms with Crippen LogP contribution in [0, 0.1) is 17.3 Å². The fourth-order valence-electron chi connectivity index (χ4n) is 3.52. The third kappa shape index (κ3) is 3.56. The van der Waals surface area contributed by atoms with E-state index in [0.717, 1.165) is 37.2 Å². The van der Waals surface area contributed by atoms with Crippen molar-refractivity contribution >= 4 is 23.2 Å². The summed E-state index contributed by atoms with van der Waals surface area (Å²) >= 11 is 12.2. The van der Waals surface area contributed by atoms with E-state index in [2.05, 4.69) is 13.8 Å². The molecular weight excluding hydrogens is 305 g/mol. The van der Waals surface area contributed by atoms with Crippen LogP contribution in [-0.2, 0) is 0 Å². The predicted octanol–water partition coefficient (Wildman–Crippen LogP) is 4.82. The summed E-state index contributed by atoms with van der Waals surface area (Å²) in [6.45, 7) is 5.02. The highest BCUT2D eigenvalue weighted by atomic mass is 35.5. The summed E-state index contributed by atoms with van der Waals surface area (Å²) < 4.78 is 0. The van der Waals surface area contributed by atoms with Crippen molar-refractivity contribution in [3.63, 3.8) is 0 Å². The van der Waals surface area contributed by atoms with Gasteiger partial charge in [-0.2, -0.15) is 0 Å². The van der Waals surface area contributed by atoms with Crippen molar-refractivity contribution in [3.8, 4) is 0 Å². The standard InChI is InChI=1S/C17H25Cl2NO/c1-11(2)12-5-7-17(10-20,8-6-12)16(21)14-4-3-13(18)9-15(14)19/h3-4,9,11-12,16,21H,5-8,10,20H2,1-2H3. The monoisotopic (exact) mass is 329 g/mol. The maximum Gasteiger partial charge on any atom is 0.0872 e. The fraction of sp³-hybridized carbons (Fsp3) is 0.647. The number of halogens is 2. The number of benzene rings is 1. The average molecular weight is 330 g/mol. The summed E-state index contributed by atoms with van der Waals surface area (Å²) in [5, 5.41) is 12.0. The first-order chi connectivity index (χ1) is 9.89. The smallest absolute Gasteiger partial charge is 0.0872 e. The van der Waals surface area contributed by atoms with E-state index in [4.69, 9.17) is 28.9 Å². The summed E-state index contributed by atoms with van der Waals surface area (Å²) in [6, 6.07) is 5.28. The Balaban J connectivity index is 2.21. The van der Waals surface area contributed by atoms with Crippen molar-refractivity contribution in [3.05, 3.63) is 33.8 Å². The molecule has 1 aromatic carbocycles. The Hall–Kier alpha value is -0.280. The molecule has 21 heavy (non-hydrogen) atoms. The molecule has 4 heteroatoms. The van der Waals surface area contributed by atoms with Crippen LogP contribution in [0.5, 0.6) is 0 Å². The van der Waals surface area contributed by atoms with Gasteiger partial charge in [-0.3, -0.25) is 0 Å². The molecule has 0 aromatic heterocycles. The number of hydrogen-bond donors (Lipinski definition) is 2. The normalized spacial score (nSPS) is 27.9. The van der Waals surface area contributed by atoms with Crippen molar-refractivity contribution in [1.29, 1.82) is 0 Å². The number of aliphatic hydroxyl groups excluding tert-OH is 1. The number of rotatable bonds is 4. The predicted molar refractivity (Wildman–Crippen MR) is 89.7 cm³/mol. The van der Waals surface area contributed by atoms with E-state index in [1.807, 2.05) is 6.07 Å². The van der Waals surface area contributed by atoms with Gasteiger partial charge in [0.15, 0.2) is 0 Å². The Morgan fingerprint density at radius 1 is 1.29 bits per heavy atom. The molecule has 118 valence electrons. The average Bonchev–Trinajstić information content (AvgIpc) is 2.46. The van der Waals surface area contributed by atoms with E-state index in [9.17, 15) is 5.11 Å². The molecule has 0 amide bonds. The van der Waals surface area contributed by atoms with Crippen LogP contribution >= 0.6 is 23.2 Å². The van der Waals surface area contributed by atoms with Gasteiger partial charge < -0.3 is 10.8 Å². The van der Waals surface area contributed by atoms with Gasteiger partial charge >= 0.3 is 0 Å². The van der Waals surface area contributed by atoms with Crippen LogP contribution in [-0.4, -0.2) is 11.7 Å². The molecule has 3 N–H and O–H groups in total. The van der Waals surface area contributed by atoms with Crippen LogP contribution < -0.4 is 5.73 Å². The molecule has 1 saturated carbocycles. The molecule has 0 aliphatic heterocycles. The van der Waals surface area contributed by atoms with Crippen LogP contribution in [0.4, 0.5) is 0 Å². The van der Waals surface area contributed by atoms with Gasteiger partial charge in [-0.25, -0.2) is 0 Å². The van der Waals surface area contributed by atoms with Gasteiger partial charge in [0.2, 0.25) is 0 Å². The molecule has 0 saturated heterocycles. The highest BCUT2D eigenvalue weighted by molar-refractivity contribution is 6.35. The van der Waals surface area contributed by atoms with Crippen LogP contribution in [0.25, 0.3) is 0 Å². The molecule has 2 rings (SSSR count). The largest absolute Gasteiger partial charge is 0.388 e. The van der Waals surface area contributed by atoms with Gasteiger partial charge in [-0.1, -0.05) is 43.1 Å². The van der Waals surface area contributed by atoms with Gasteiger partial charge in [0, 0.05) is 22.0 Å². The maximum absolute atomic E-state index is 10.9. The van der Waals surface area contributed by atoms with Crippen LogP contribution in [0.15, 0.2) is 18.2 Å². The molecule has 2 nitrogen and oxygen atoms in total. The van der Waals surface area contributed by atoms with Crippen LogP contribution in [0.2, 0.25) is 10.0 Å². The van der Waals surface area contributed by atoms with Crippen molar-refractivity contribution < 1.29 is 5.11 Å². The molecule has 1 aliphatic carbocycles. The molecule has 1 aromatic rings. The minimum Gasteiger partial charge on any atom is -0.388 e. The van der Waals surface area contributed by atoms with E-state index >= 15 is 0 Å². The SMILES string of the molecule is CC(C)C1CCC(CN)(C(O)c2ccc(Cl)cc2Cl)CC1. The van der Waals surface area contributed by atoms with Crippen molar-refractivity contribution in [1.82, 2.24) is 0 Å². The zero-order valence-corrected chi connectivity index (χ0v) is 14.3. The number of hydrogen-bond acceptors (Lipinski definition) is 2. The number of nitrogens with two attached hydrogens (primary N) is 1. The van der Waals surface area contributed by atoms with Crippen molar-refractivity contribution in [2.75, 3.05) is 6.54 Å². The molecule has 1 aliphatic rings. The molecule has 0 spiro atoms. The molecular formula is C17H25Cl2NO. The van der Waals surface area contributed by atoms with Gasteiger partial charge in [-0.05, 0) is 55.2 Å². The van der Waals surface area contributed by atoms with Crippen molar-refractivity contribution in [2.45, 2.75) is 45.6 Å². The Bertz CT molecular complexity index is 482. The summed E-state index contributed by atoms with van der Waals surface area (Å²) in [5.41, 5.74) is 6.53. The highest BCUT2D eigenvalue weighted by Crippen LogP contribution is 2.49. The van der Waals surface area contributed by atoms with Gasteiger partial charge in [0.05, 0.1) is 6.10 Å². The first-order valence-electron chi connectivity index (χ1n) is 7.72. The lowest BCUT2D eigenvalue weighted by Gasteiger charge is -2.44. The van der Waals surface area contributed by atoms with Crippen LogP contribution in [0.1, 0.15) is 51.2 Å².